The van der Waals surface area contributed by atoms with Crippen LogP contribution in [0.1, 0.15) is 16.7 Å². The van der Waals surface area contributed by atoms with Crippen LogP contribution in [0, 0.1) is 6.92 Å². The Kier molecular flexibility index (Phi) is 9.23. The van der Waals surface area contributed by atoms with Gasteiger partial charge in [0, 0.05) is 23.3 Å². The maximum atomic E-state index is 13.1. The molecule has 6 rings (SSSR count). The minimum Gasteiger partial charge on any atom is -0.507 e. The number of ether oxygens (including phenoxy) is 4. The molecule has 11 heteroatoms. The van der Waals surface area contributed by atoms with Crippen molar-refractivity contribution in [3.8, 4) is 28.6 Å². The summed E-state index contributed by atoms with van der Waals surface area (Å²) in [5, 5.41) is 42.5. The van der Waals surface area contributed by atoms with Crippen molar-refractivity contribution >= 4 is 16.9 Å². The Morgan fingerprint density at radius 2 is 1.45 bits per heavy atom. The van der Waals surface area contributed by atoms with E-state index in [2.05, 4.69) is 0 Å². The first-order valence-electron chi connectivity index (χ1n) is 14.8. The molecule has 0 radical (unpaired) electrons. The lowest BCUT2D eigenvalue weighted by Gasteiger charge is -2.39. The number of benzene rings is 4. The first kappa shape index (κ1) is 31.8. The summed E-state index contributed by atoms with van der Waals surface area (Å²) in [4.78, 5) is 25.9. The molecule has 1 saturated heterocycles. The molecule has 242 valence electrons. The largest absolute Gasteiger partial charge is 0.507 e. The van der Waals surface area contributed by atoms with E-state index in [4.69, 9.17) is 23.4 Å². The minimum absolute atomic E-state index is 0.0280. The normalized spacial score (nSPS) is 20.9. The number of rotatable bonds is 9. The molecular formula is C36H32O11. The van der Waals surface area contributed by atoms with Gasteiger partial charge in [-0.3, -0.25) is 4.79 Å². The Balaban J connectivity index is 1.22. The zero-order valence-electron chi connectivity index (χ0n) is 25.2. The number of esters is 1. The van der Waals surface area contributed by atoms with Gasteiger partial charge in [-0.05, 0) is 42.3 Å². The molecule has 5 aromatic rings. The van der Waals surface area contributed by atoms with Crippen molar-refractivity contribution in [2.45, 2.75) is 50.8 Å². The SMILES string of the molecule is Cc1c(OC2OC(C(=O)OCc3ccccc3)C(O)C(O)C2O)cc2oc(-c3ccc(OCc4ccccc4)cc3)cc(=O)c2c1O. The Hall–Kier alpha value is -5.20. The van der Waals surface area contributed by atoms with Crippen LogP contribution in [0.25, 0.3) is 22.3 Å². The molecule has 11 nitrogen and oxygen atoms in total. The summed E-state index contributed by atoms with van der Waals surface area (Å²) in [7, 11) is 0. The maximum Gasteiger partial charge on any atom is 0.338 e. The van der Waals surface area contributed by atoms with Crippen LogP contribution >= 0.6 is 0 Å². The highest BCUT2D eigenvalue weighted by Crippen LogP contribution is 2.37. The van der Waals surface area contributed by atoms with Gasteiger partial charge in [0.25, 0.3) is 0 Å². The second-order valence-electron chi connectivity index (χ2n) is 11.1. The van der Waals surface area contributed by atoms with Gasteiger partial charge in [-0.2, -0.15) is 0 Å². The van der Waals surface area contributed by atoms with Gasteiger partial charge in [0.05, 0.1) is 0 Å². The van der Waals surface area contributed by atoms with E-state index in [1.807, 2.05) is 30.3 Å². The van der Waals surface area contributed by atoms with Gasteiger partial charge >= 0.3 is 5.97 Å². The average molecular weight is 641 g/mol. The molecular weight excluding hydrogens is 608 g/mol. The van der Waals surface area contributed by atoms with Gasteiger partial charge in [0.15, 0.2) is 11.5 Å². The lowest BCUT2D eigenvalue weighted by molar-refractivity contribution is -0.272. The standard InChI is InChI=1S/C36H32O11/c1-20-26(46-36-33(41)31(39)32(40)34(47-36)35(42)44-19-22-10-6-3-7-11-22)17-28-29(30(20)38)25(37)16-27(45-28)23-12-14-24(15-13-23)43-18-21-8-4-2-5-9-21/h2-17,31-34,36,38-41H,18-19H2,1H3. The van der Waals surface area contributed by atoms with E-state index in [0.29, 0.717) is 23.5 Å². The Morgan fingerprint density at radius 1 is 0.809 bits per heavy atom. The lowest BCUT2D eigenvalue weighted by Crippen LogP contribution is -2.61. The smallest absolute Gasteiger partial charge is 0.338 e. The van der Waals surface area contributed by atoms with Gasteiger partial charge in [-0.15, -0.1) is 0 Å². The molecule has 0 bridgehead atoms. The molecule has 47 heavy (non-hydrogen) atoms. The predicted octanol–water partition coefficient (Wildman–Crippen LogP) is 3.98. The predicted molar refractivity (Wildman–Crippen MR) is 169 cm³/mol. The fourth-order valence-corrected chi connectivity index (χ4v) is 5.18. The number of phenols is 1. The third-order valence-corrected chi connectivity index (χ3v) is 7.85. The third kappa shape index (κ3) is 6.83. The number of aromatic hydroxyl groups is 1. The molecule has 4 N–H and O–H groups in total. The van der Waals surface area contributed by atoms with Crippen LogP contribution in [-0.2, 0) is 27.5 Å². The Labute approximate surface area is 268 Å². The van der Waals surface area contributed by atoms with Crippen molar-refractivity contribution in [1.29, 1.82) is 0 Å². The van der Waals surface area contributed by atoms with Crippen molar-refractivity contribution in [3.63, 3.8) is 0 Å². The summed E-state index contributed by atoms with van der Waals surface area (Å²) in [6.07, 6.45) is -8.80. The number of aliphatic hydroxyl groups excluding tert-OH is 3. The highest BCUT2D eigenvalue weighted by molar-refractivity contribution is 5.88. The summed E-state index contributed by atoms with van der Waals surface area (Å²) < 4.78 is 28.5. The van der Waals surface area contributed by atoms with Crippen LogP contribution in [0.2, 0.25) is 0 Å². The van der Waals surface area contributed by atoms with Crippen LogP contribution < -0.4 is 14.9 Å². The molecule has 5 unspecified atom stereocenters. The van der Waals surface area contributed by atoms with E-state index in [-0.39, 0.29) is 34.6 Å². The molecule has 4 aromatic carbocycles. The van der Waals surface area contributed by atoms with Crippen LogP contribution in [0.3, 0.4) is 0 Å². The monoisotopic (exact) mass is 640 g/mol. The van der Waals surface area contributed by atoms with Crippen LogP contribution in [0.15, 0.2) is 106 Å². The molecule has 1 aliphatic heterocycles. The molecule has 5 atom stereocenters. The molecule has 0 amide bonds. The van der Waals surface area contributed by atoms with E-state index in [9.17, 15) is 30.0 Å². The minimum atomic E-state index is -1.83. The van der Waals surface area contributed by atoms with Crippen LogP contribution in [-0.4, -0.2) is 57.1 Å². The van der Waals surface area contributed by atoms with E-state index in [1.54, 1.807) is 54.6 Å². The molecule has 1 aliphatic rings. The summed E-state index contributed by atoms with van der Waals surface area (Å²) in [5.74, 6) is -0.646. The highest BCUT2D eigenvalue weighted by atomic mass is 16.7. The topological polar surface area (TPSA) is 165 Å². The number of hydrogen-bond donors (Lipinski definition) is 4. The zero-order valence-corrected chi connectivity index (χ0v) is 25.2. The molecule has 1 aromatic heterocycles. The fraction of sp³-hybridized carbons (Fsp3) is 0.222. The summed E-state index contributed by atoms with van der Waals surface area (Å²) in [6.45, 7) is 1.74. The van der Waals surface area contributed by atoms with E-state index < -0.39 is 47.9 Å². The average Bonchev–Trinajstić information content (AvgIpc) is 3.09. The molecule has 1 fully saturated rings. The van der Waals surface area contributed by atoms with Gasteiger partial charge < -0.3 is 43.8 Å². The Bertz CT molecular complexity index is 1910. The van der Waals surface area contributed by atoms with Crippen LogP contribution in [0.5, 0.6) is 17.2 Å². The summed E-state index contributed by atoms with van der Waals surface area (Å²) in [5.41, 5.74) is 1.84. The number of carbonyl (C=O) groups excluding carboxylic acids is 1. The quantitative estimate of drug-likeness (QED) is 0.172. The van der Waals surface area contributed by atoms with Crippen LogP contribution in [0.4, 0.5) is 0 Å². The Morgan fingerprint density at radius 3 is 2.11 bits per heavy atom. The van der Waals surface area contributed by atoms with Crippen molar-refractivity contribution in [2.24, 2.45) is 0 Å². The molecule has 2 heterocycles. The summed E-state index contributed by atoms with van der Waals surface area (Å²) >= 11 is 0. The van der Waals surface area contributed by atoms with Crippen molar-refractivity contribution in [1.82, 2.24) is 0 Å². The van der Waals surface area contributed by atoms with Gasteiger partial charge in [0.1, 0.15) is 65.5 Å². The fourth-order valence-electron chi connectivity index (χ4n) is 5.18. The molecule has 0 spiro atoms. The third-order valence-electron chi connectivity index (χ3n) is 7.85. The first-order chi connectivity index (χ1) is 22.7. The van der Waals surface area contributed by atoms with Gasteiger partial charge in [0.2, 0.25) is 6.29 Å². The van der Waals surface area contributed by atoms with E-state index in [0.717, 1.165) is 5.56 Å². The lowest BCUT2D eigenvalue weighted by atomic mass is 9.99. The number of hydrogen-bond acceptors (Lipinski definition) is 11. The second kappa shape index (κ2) is 13.7. The molecule has 0 aliphatic carbocycles. The number of aliphatic hydroxyl groups is 3. The van der Waals surface area contributed by atoms with Crippen molar-refractivity contribution < 1.29 is 48.6 Å². The number of phenolic OH excluding ortho intramolecular Hbond substituents is 1. The van der Waals surface area contributed by atoms with Gasteiger partial charge in [-0.25, -0.2) is 4.79 Å². The van der Waals surface area contributed by atoms with Gasteiger partial charge in [-0.1, -0.05) is 60.7 Å². The van der Waals surface area contributed by atoms with Crippen molar-refractivity contribution in [3.05, 3.63) is 124 Å². The number of carbonyl (C=O) groups is 1. The number of fused-ring (bicyclic) bond motifs is 1. The maximum absolute atomic E-state index is 13.1. The molecule has 0 saturated carbocycles. The van der Waals surface area contributed by atoms with Crippen molar-refractivity contribution in [2.75, 3.05) is 0 Å². The van der Waals surface area contributed by atoms with E-state index >= 15 is 0 Å². The second-order valence-corrected chi connectivity index (χ2v) is 11.1. The van der Waals surface area contributed by atoms with E-state index in [1.165, 1.54) is 19.1 Å². The zero-order chi connectivity index (χ0) is 33.1. The first-order valence-corrected chi connectivity index (χ1v) is 14.8. The summed E-state index contributed by atoms with van der Waals surface area (Å²) in [6, 6.07) is 28.1. The highest BCUT2D eigenvalue weighted by Gasteiger charge is 2.49.